The summed E-state index contributed by atoms with van der Waals surface area (Å²) in [5.41, 5.74) is 6.50. The van der Waals surface area contributed by atoms with E-state index in [9.17, 15) is 4.79 Å². The van der Waals surface area contributed by atoms with Crippen LogP contribution in [0.1, 0.15) is 44.7 Å². The van der Waals surface area contributed by atoms with E-state index < -0.39 is 5.54 Å². The molecule has 2 fully saturated rings. The van der Waals surface area contributed by atoms with Crippen LogP contribution >= 0.6 is 0 Å². The monoisotopic (exact) mass is 330 g/mol. The fourth-order valence-electron chi connectivity index (χ4n) is 4.81. The zero-order valence-corrected chi connectivity index (χ0v) is 14.4. The number of hydrogen-bond acceptors (Lipinski definition) is 4. The molecule has 1 aromatic carbocycles. The first-order valence-electron chi connectivity index (χ1n) is 8.89. The van der Waals surface area contributed by atoms with Gasteiger partial charge in [-0.15, -0.1) is 0 Å². The Labute approximate surface area is 142 Å². The lowest BCUT2D eigenvalue weighted by atomic mass is 9.46. The number of nitrogens with one attached hydrogen (secondary N) is 1. The van der Waals surface area contributed by atoms with Gasteiger partial charge in [-0.3, -0.25) is 4.79 Å². The summed E-state index contributed by atoms with van der Waals surface area (Å²) in [7, 11) is 0. The van der Waals surface area contributed by atoms with Crippen LogP contribution in [0.2, 0.25) is 0 Å². The van der Waals surface area contributed by atoms with Crippen molar-refractivity contribution in [2.45, 2.75) is 50.8 Å². The van der Waals surface area contributed by atoms with Crippen molar-refractivity contribution in [2.24, 2.45) is 17.1 Å². The molecule has 5 heteroatoms. The highest BCUT2D eigenvalue weighted by Crippen LogP contribution is 2.57. The fraction of sp³-hybridized carbons (Fsp3) is 0.632. The van der Waals surface area contributed by atoms with Crippen molar-refractivity contribution in [1.82, 2.24) is 5.32 Å². The quantitative estimate of drug-likeness (QED) is 0.871. The second-order valence-electron chi connectivity index (χ2n) is 7.83. The number of para-hydroxylation sites is 1. The van der Waals surface area contributed by atoms with Crippen molar-refractivity contribution in [3.8, 4) is 5.75 Å². The molecular weight excluding hydrogens is 304 g/mol. The summed E-state index contributed by atoms with van der Waals surface area (Å²) in [6, 6.07) is 7.85. The Bertz CT molecular complexity index is 660. The summed E-state index contributed by atoms with van der Waals surface area (Å²) in [5.74, 6) is 0.907. The third-order valence-corrected chi connectivity index (χ3v) is 6.32. The number of fused-ring (bicyclic) bond motifs is 2. The Hall–Kier alpha value is -1.59. The van der Waals surface area contributed by atoms with Crippen LogP contribution in [-0.2, 0) is 9.53 Å². The van der Waals surface area contributed by atoms with E-state index in [0.717, 1.165) is 37.2 Å². The van der Waals surface area contributed by atoms with Gasteiger partial charge in [0.15, 0.2) is 0 Å². The van der Waals surface area contributed by atoms with Crippen LogP contribution in [0.5, 0.6) is 5.75 Å². The number of carbonyl (C=O) groups is 1. The third-order valence-electron chi connectivity index (χ3n) is 6.32. The van der Waals surface area contributed by atoms with E-state index in [0.29, 0.717) is 6.61 Å². The minimum absolute atomic E-state index is 0.0396. The maximum absolute atomic E-state index is 13.2. The van der Waals surface area contributed by atoms with Crippen LogP contribution in [0.3, 0.4) is 0 Å². The molecule has 0 aromatic heterocycles. The van der Waals surface area contributed by atoms with E-state index in [1.165, 1.54) is 0 Å². The van der Waals surface area contributed by atoms with Gasteiger partial charge in [-0.2, -0.15) is 0 Å². The molecule has 0 radical (unpaired) electrons. The molecule has 4 rings (SSSR count). The molecule has 1 saturated heterocycles. The van der Waals surface area contributed by atoms with Crippen LogP contribution in [0.4, 0.5) is 0 Å². The van der Waals surface area contributed by atoms with Crippen molar-refractivity contribution in [3.63, 3.8) is 0 Å². The average molecular weight is 330 g/mol. The zero-order chi connectivity index (χ0) is 16.9. The van der Waals surface area contributed by atoms with Gasteiger partial charge in [-0.05, 0) is 18.9 Å². The standard InChI is InChI=1S/C19H26N2O3/c1-18(2)16-13(7-5-10-24-16)19(18,20)17(22)21-14-9-11-23-15-8-4-3-6-12(14)15/h3-4,6,8,13-14,16H,5,7,9-11,20H2,1-2H3,(H,21,22). The highest BCUT2D eigenvalue weighted by Gasteiger charge is 2.70. The van der Waals surface area contributed by atoms with Gasteiger partial charge in [0.1, 0.15) is 11.3 Å². The third kappa shape index (κ3) is 2.04. The molecule has 1 saturated carbocycles. The summed E-state index contributed by atoms with van der Waals surface area (Å²) < 4.78 is 11.6. The molecular formula is C19H26N2O3. The Morgan fingerprint density at radius 1 is 1.25 bits per heavy atom. The SMILES string of the molecule is CC1(C)C2OCCCC2C1(N)C(=O)NC1CCOc2ccccc21. The fourth-order valence-corrected chi connectivity index (χ4v) is 4.81. The molecule has 3 aliphatic rings. The number of benzene rings is 1. The van der Waals surface area contributed by atoms with Crippen molar-refractivity contribution in [2.75, 3.05) is 13.2 Å². The molecule has 2 heterocycles. The summed E-state index contributed by atoms with van der Waals surface area (Å²) in [6.45, 7) is 5.49. The highest BCUT2D eigenvalue weighted by atomic mass is 16.5. The summed E-state index contributed by atoms with van der Waals surface area (Å²) in [6.07, 6.45) is 2.79. The predicted molar refractivity (Wildman–Crippen MR) is 90.6 cm³/mol. The largest absolute Gasteiger partial charge is 0.493 e. The first-order chi connectivity index (χ1) is 11.5. The number of carbonyl (C=O) groups excluding carboxylic acids is 1. The molecule has 4 atom stereocenters. The van der Waals surface area contributed by atoms with Crippen LogP contribution < -0.4 is 15.8 Å². The van der Waals surface area contributed by atoms with Gasteiger partial charge in [-0.1, -0.05) is 32.0 Å². The van der Waals surface area contributed by atoms with Gasteiger partial charge >= 0.3 is 0 Å². The van der Waals surface area contributed by atoms with Gasteiger partial charge in [0.05, 0.1) is 18.8 Å². The van der Waals surface area contributed by atoms with Gasteiger partial charge < -0.3 is 20.5 Å². The minimum atomic E-state index is -0.870. The van der Waals surface area contributed by atoms with E-state index in [1.807, 2.05) is 24.3 Å². The maximum Gasteiger partial charge on any atom is 0.241 e. The summed E-state index contributed by atoms with van der Waals surface area (Å²) in [5, 5.41) is 3.21. The second kappa shape index (κ2) is 5.46. The van der Waals surface area contributed by atoms with Crippen LogP contribution in [0, 0.1) is 11.3 Å². The van der Waals surface area contributed by atoms with Crippen molar-refractivity contribution < 1.29 is 14.3 Å². The molecule has 3 N–H and O–H groups in total. The van der Waals surface area contributed by atoms with Crippen molar-refractivity contribution >= 4 is 5.91 Å². The van der Waals surface area contributed by atoms with Crippen LogP contribution in [0.25, 0.3) is 0 Å². The first kappa shape index (κ1) is 15.9. The van der Waals surface area contributed by atoms with Gasteiger partial charge in [0, 0.05) is 29.9 Å². The Morgan fingerprint density at radius 3 is 2.88 bits per heavy atom. The Balaban J connectivity index is 1.57. The number of rotatable bonds is 2. The molecule has 24 heavy (non-hydrogen) atoms. The first-order valence-corrected chi connectivity index (χ1v) is 8.89. The number of hydrogen-bond donors (Lipinski definition) is 2. The van der Waals surface area contributed by atoms with E-state index in [2.05, 4.69) is 19.2 Å². The lowest BCUT2D eigenvalue weighted by Gasteiger charge is -2.65. The number of ether oxygens (including phenoxy) is 2. The van der Waals surface area contributed by atoms with E-state index in [-0.39, 0.29) is 29.4 Å². The predicted octanol–water partition coefficient (Wildman–Crippen LogP) is 2.16. The van der Waals surface area contributed by atoms with Gasteiger partial charge in [-0.25, -0.2) is 0 Å². The zero-order valence-electron chi connectivity index (χ0n) is 14.4. The van der Waals surface area contributed by atoms with Crippen LogP contribution in [0.15, 0.2) is 24.3 Å². The maximum atomic E-state index is 13.2. The molecule has 1 amide bonds. The number of nitrogens with two attached hydrogens (primary N) is 1. The van der Waals surface area contributed by atoms with E-state index >= 15 is 0 Å². The minimum Gasteiger partial charge on any atom is -0.493 e. The Morgan fingerprint density at radius 2 is 2.04 bits per heavy atom. The molecule has 130 valence electrons. The molecule has 1 aliphatic carbocycles. The smallest absolute Gasteiger partial charge is 0.241 e. The number of amides is 1. The van der Waals surface area contributed by atoms with E-state index in [4.69, 9.17) is 15.2 Å². The lowest BCUT2D eigenvalue weighted by Crippen LogP contribution is -2.82. The second-order valence-corrected chi connectivity index (χ2v) is 7.83. The summed E-state index contributed by atoms with van der Waals surface area (Å²) >= 11 is 0. The average Bonchev–Trinajstić information content (AvgIpc) is 2.61. The van der Waals surface area contributed by atoms with Crippen LogP contribution in [-0.4, -0.2) is 30.8 Å². The highest BCUT2D eigenvalue weighted by molar-refractivity contribution is 5.90. The summed E-state index contributed by atoms with van der Waals surface area (Å²) in [4.78, 5) is 13.2. The van der Waals surface area contributed by atoms with Gasteiger partial charge in [0.2, 0.25) is 5.91 Å². The molecule has 2 aliphatic heterocycles. The molecule has 4 unspecified atom stereocenters. The molecule has 0 bridgehead atoms. The molecule has 5 nitrogen and oxygen atoms in total. The topological polar surface area (TPSA) is 73.6 Å². The van der Waals surface area contributed by atoms with E-state index in [1.54, 1.807) is 0 Å². The van der Waals surface area contributed by atoms with Crippen molar-refractivity contribution in [3.05, 3.63) is 29.8 Å². The van der Waals surface area contributed by atoms with Crippen molar-refractivity contribution in [1.29, 1.82) is 0 Å². The molecule has 1 aromatic rings. The Kier molecular flexibility index (Phi) is 3.62. The van der Waals surface area contributed by atoms with Gasteiger partial charge in [0.25, 0.3) is 0 Å². The molecule has 0 spiro atoms. The normalized spacial score (nSPS) is 36.5. The lowest BCUT2D eigenvalue weighted by molar-refractivity contribution is -0.225.